The van der Waals surface area contributed by atoms with Crippen molar-refractivity contribution in [3.63, 3.8) is 0 Å². The summed E-state index contributed by atoms with van der Waals surface area (Å²) in [6.07, 6.45) is 0.739. The predicted molar refractivity (Wildman–Crippen MR) is 135 cm³/mol. The molecule has 3 N–H and O–H groups in total. The number of primary sulfonamides is 1. The number of nitrogens with two attached hydrogens (primary N) is 1. The van der Waals surface area contributed by atoms with Gasteiger partial charge in [0.2, 0.25) is 10.0 Å². The van der Waals surface area contributed by atoms with E-state index in [4.69, 9.17) is 37.8 Å². The summed E-state index contributed by atoms with van der Waals surface area (Å²) in [4.78, 5) is 0.107. The number of rotatable bonds is 10. The second-order valence-corrected chi connectivity index (χ2v) is 10.5. The Morgan fingerprint density at radius 1 is 1.00 bits per heavy atom. The second kappa shape index (κ2) is 11.6. The molecule has 0 aromatic heterocycles. The second-order valence-electron chi connectivity index (χ2n) is 7.23. The maximum Gasteiger partial charge on any atom is 0.238 e. The molecule has 3 rings (SSSR count). The topological polar surface area (TPSA) is 90.6 Å². The number of ether oxygens (including phenoxy) is 2. The maximum atomic E-state index is 11.3. The minimum absolute atomic E-state index is 0.107. The summed E-state index contributed by atoms with van der Waals surface area (Å²) < 4.78 is 35.0. The molecule has 0 heterocycles. The van der Waals surface area contributed by atoms with Gasteiger partial charge in [0.1, 0.15) is 6.61 Å². The Morgan fingerprint density at radius 2 is 1.73 bits per heavy atom. The summed E-state index contributed by atoms with van der Waals surface area (Å²) in [6, 6.07) is 15.6. The zero-order valence-corrected chi connectivity index (χ0v) is 21.7. The minimum atomic E-state index is -3.67. The van der Waals surface area contributed by atoms with Gasteiger partial charge in [-0.2, -0.15) is 0 Å². The average Bonchev–Trinajstić information content (AvgIpc) is 2.77. The van der Waals surface area contributed by atoms with Crippen molar-refractivity contribution in [1.29, 1.82) is 0 Å². The molecule has 0 aliphatic heterocycles. The molecule has 0 amide bonds. The molecule has 10 heteroatoms. The first-order valence-corrected chi connectivity index (χ1v) is 13.0. The molecule has 0 saturated heterocycles. The number of halogens is 3. The molecule has 176 valence electrons. The number of benzene rings is 3. The van der Waals surface area contributed by atoms with E-state index >= 15 is 0 Å². The van der Waals surface area contributed by atoms with Crippen molar-refractivity contribution in [3.05, 3.63) is 85.8 Å². The normalized spacial score (nSPS) is 11.4. The van der Waals surface area contributed by atoms with Gasteiger partial charge in [0.15, 0.2) is 11.5 Å². The van der Waals surface area contributed by atoms with Gasteiger partial charge >= 0.3 is 0 Å². The number of hydrogen-bond acceptors (Lipinski definition) is 5. The Morgan fingerprint density at radius 3 is 2.36 bits per heavy atom. The molecule has 6 nitrogen and oxygen atoms in total. The minimum Gasteiger partial charge on any atom is -0.493 e. The highest BCUT2D eigenvalue weighted by atomic mass is 79.9. The van der Waals surface area contributed by atoms with E-state index in [1.165, 1.54) is 12.1 Å². The number of hydrogen-bond donors (Lipinski definition) is 2. The highest BCUT2D eigenvalue weighted by molar-refractivity contribution is 9.10. The largest absolute Gasteiger partial charge is 0.493 e. The fourth-order valence-corrected chi connectivity index (χ4v) is 4.52. The third-order valence-corrected chi connectivity index (χ3v) is 7.14. The lowest BCUT2D eigenvalue weighted by molar-refractivity contribution is 0.284. The van der Waals surface area contributed by atoms with Crippen LogP contribution in [0.2, 0.25) is 10.0 Å². The van der Waals surface area contributed by atoms with Crippen LogP contribution in [0, 0.1) is 0 Å². The Labute approximate surface area is 212 Å². The predicted octanol–water partition coefficient (Wildman–Crippen LogP) is 5.32. The molecule has 0 spiro atoms. The van der Waals surface area contributed by atoms with E-state index in [9.17, 15) is 8.42 Å². The third kappa shape index (κ3) is 7.34. The van der Waals surface area contributed by atoms with E-state index in [-0.39, 0.29) is 11.5 Å². The lowest BCUT2D eigenvalue weighted by Crippen LogP contribution is -2.17. The molecule has 3 aromatic rings. The van der Waals surface area contributed by atoms with Crippen LogP contribution in [-0.2, 0) is 29.6 Å². The van der Waals surface area contributed by atoms with Crippen LogP contribution >= 0.6 is 39.1 Å². The highest BCUT2D eigenvalue weighted by Gasteiger charge is 2.12. The summed E-state index contributed by atoms with van der Waals surface area (Å²) in [6.45, 7) is 1.59. The average molecular weight is 574 g/mol. The quantitative estimate of drug-likeness (QED) is 0.320. The van der Waals surface area contributed by atoms with Gasteiger partial charge in [-0.25, -0.2) is 13.6 Å². The summed E-state index contributed by atoms with van der Waals surface area (Å²) in [5, 5.41) is 9.62. The van der Waals surface area contributed by atoms with Gasteiger partial charge in [-0.15, -0.1) is 0 Å². The van der Waals surface area contributed by atoms with Crippen LogP contribution in [0.5, 0.6) is 11.5 Å². The summed E-state index contributed by atoms with van der Waals surface area (Å²) in [7, 11) is -2.08. The SMILES string of the molecule is COc1cc(CNCCc2ccc(S(N)(=O)=O)cc2)c(Br)cc1OCc1ccc(Cl)cc1Cl. The van der Waals surface area contributed by atoms with Crippen molar-refractivity contribution in [2.45, 2.75) is 24.5 Å². The van der Waals surface area contributed by atoms with Crippen molar-refractivity contribution in [3.8, 4) is 11.5 Å². The smallest absolute Gasteiger partial charge is 0.238 e. The van der Waals surface area contributed by atoms with E-state index in [1.54, 1.807) is 31.4 Å². The molecule has 3 aromatic carbocycles. The summed E-state index contributed by atoms with van der Waals surface area (Å²) in [5.41, 5.74) is 2.84. The Balaban J connectivity index is 1.57. The first-order chi connectivity index (χ1) is 15.7. The number of methoxy groups -OCH3 is 1. The van der Waals surface area contributed by atoms with Gasteiger partial charge in [0.05, 0.1) is 12.0 Å². The Hall–Kier alpha value is -1.81. The van der Waals surface area contributed by atoms with Crippen molar-refractivity contribution in [2.75, 3.05) is 13.7 Å². The van der Waals surface area contributed by atoms with Gasteiger partial charge in [-0.05, 0) is 60.5 Å². The van der Waals surface area contributed by atoms with Crippen LogP contribution < -0.4 is 19.9 Å². The zero-order chi connectivity index (χ0) is 24.0. The first-order valence-electron chi connectivity index (χ1n) is 9.93. The van der Waals surface area contributed by atoms with E-state index in [1.807, 2.05) is 18.2 Å². The van der Waals surface area contributed by atoms with Crippen molar-refractivity contribution in [1.82, 2.24) is 5.32 Å². The highest BCUT2D eigenvalue weighted by Crippen LogP contribution is 2.34. The van der Waals surface area contributed by atoms with Crippen LogP contribution in [0.3, 0.4) is 0 Å². The zero-order valence-electron chi connectivity index (χ0n) is 17.8. The fourth-order valence-electron chi connectivity index (χ4n) is 3.08. The molecule has 0 aliphatic carbocycles. The Bertz CT molecular complexity index is 1220. The van der Waals surface area contributed by atoms with E-state index in [0.29, 0.717) is 34.6 Å². The van der Waals surface area contributed by atoms with Crippen molar-refractivity contribution < 1.29 is 17.9 Å². The molecule has 0 saturated carbocycles. The molecule has 0 bridgehead atoms. The Kier molecular flexibility index (Phi) is 9.03. The summed E-state index contributed by atoms with van der Waals surface area (Å²) in [5.74, 6) is 1.20. The number of sulfonamides is 1. The van der Waals surface area contributed by atoms with Crippen LogP contribution in [0.4, 0.5) is 0 Å². The summed E-state index contributed by atoms with van der Waals surface area (Å²) >= 11 is 15.8. The van der Waals surface area contributed by atoms with Gasteiger partial charge in [0.25, 0.3) is 0 Å². The van der Waals surface area contributed by atoms with Crippen molar-refractivity contribution >= 4 is 49.2 Å². The van der Waals surface area contributed by atoms with Crippen molar-refractivity contribution in [2.24, 2.45) is 5.14 Å². The standard InChI is InChI=1S/C23H23BrCl2N2O4S/c1-31-22-10-17(13-28-9-8-15-2-6-19(7-3-15)33(27,29)30)20(24)12-23(22)32-14-16-4-5-18(25)11-21(16)26/h2-7,10-12,28H,8-9,13-14H2,1H3,(H2,27,29,30). The molecule has 0 aliphatic rings. The lowest BCUT2D eigenvalue weighted by atomic mass is 10.1. The number of nitrogens with one attached hydrogen (secondary N) is 1. The molecule has 0 radical (unpaired) electrons. The van der Waals surface area contributed by atoms with E-state index in [0.717, 1.165) is 27.6 Å². The third-order valence-electron chi connectivity index (χ3n) is 4.89. The van der Waals surface area contributed by atoms with Crippen LogP contribution in [-0.4, -0.2) is 22.1 Å². The maximum absolute atomic E-state index is 11.3. The molecular formula is C23H23BrCl2N2O4S. The van der Waals surface area contributed by atoms with E-state index < -0.39 is 10.0 Å². The van der Waals surface area contributed by atoms with E-state index in [2.05, 4.69) is 21.2 Å². The monoisotopic (exact) mass is 572 g/mol. The molecule has 33 heavy (non-hydrogen) atoms. The van der Waals surface area contributed by atoms with Crippen LogP contribution in [0.1, 0.15) is 16.7 Å². The molecule has 0 fully saturated rings. The van der Waals surface area contributed by atoms with Gasteiger partial charge in [-0.1, -0.05) is 57.3 Å². The van der Waals surface area contributed by atoms with Gasteiger partial charge in [0, 0.05) is 26.6 Å². The van der Waals surface area contributed by atoms with Crippen LogP contribution in [0.25, 0.3) is 0 Å². The first kappa shape index (κ1) is 25.8. The molecular weight excluding hydrogens is 551 g/mol. The molecule has 0 unspecified atom stereocenters. The van der Waals surface area contributed by atoms with Gasteiger partial charge in [-0.3, -0.25) is 0 Å². The lowest BCUT2D eigenvalue weighted by Gasteiger charge is -2.15. The van der Waals surface area contributed by atoms with Crippen LogP contribution in [0.15, 0.2) is 64.0 Å². The fraction of sp³-hybridized carbons (Fsp3) is 0.217. The van der Waals surface area contributed by atoms with Gasteiger partial charge < -0.3 is 14.8 Å². The molecule has 0 atom stereocenters.